The van der Waals surface area contributed by atoms with Gasteiger partial charge in [0.2, 0.25) is 9.84 Å². The summed E-state index contributed by atoms with van der Waals surface area (Å²) in [6, 6.07) is 15.0. The molecule has 0 fully saturated rings. The van der Waals surface area contributed by atoms with E-state index < -0.39 is 30.1 Å². The molecule has 228 valence electrons. The number of hydrogen-bond donors (Lipinski definition) is 0. The highest BCUT2D eigenvalue weighted by molar-refractivity contribution is 7.91. The topological polar surface area (TPSA) is 193 Å². The minimum absolute atomic E-state index is 0.00722. The zero-order chi connectivity index (χ0) is 31.9. The van der Waals surface area contributed by atoms with Gasteiger partial charge in [0, 0.05) is 0 Å². The van der Waals surface area contributed by atoms with Crippen molar-refractivity contribution >= 4 is 53.6 Å². The molecule has 15 heteroatoms. The number of nitrogens with zero attached hydrogens (tertiary/aromatic N) is 4. The fraction of sp³-hybridized carbons (Fsp3) is 0.286. The summed E-state index contributed by atoms with van der Waals surface area (Å²) < 4.78 is 82.2. The van der Waals surface area contributed by atoms with Gasteiger partial charge in [-0.05, 0) is 60.4 Å². The maximum absolute atomic E-state index is 13.1. The Kier molecular flexibility index (Phi) is 13.3. The molecule has 0 saturated carbocycles. The number of nitriles is 2. The molecule has 0 saturated heterocycles. The van der Waals surface area contributed by atoms with E-state index in [-0.39, 0.29) is 32.7 Å². The lowest BCUT2D eigenvalue weighted by Crippen LogP contribution is -2.08. The second-order valence-electron chi connectivity index (χ2n) is 8.86. The number of rotatable bonds is 16. The number of unbranched alkanes of at least 4 members (excludes halogenated alkanes) is 2. The summed E-state index contributed by atoms with van der Waals surface area (Å²) in [7, 11) is -11.7. The third-order valence-corrected chi connectivity index (χ3v) is 9.44. The molecule has 0 atom stereocenters. The molecule has 12 nitrogen and oxygen atoms in total. The van der Waals surface area contributed by atoms with E-state index in [1.54, 1.807) is 12.1 Å². The summed E-state index contributed by atoms with van der Waals surface area (Å²) in [4.78, 5) is 0.0144. The second-order valence-corrected chi connectivity index (χ2v) is 14.2. The molecular formula is C28H30N4O8S3. The molecule has 0 N–H and O–H groups in total. The third-order valence-electron chi connectivity index (χ3n) is 5.47. The molecule has 2 aromatic carbocycles. The molecule has 0 spiro atoms. The van der Waals surface area contributed by atoms with Gasteiger partial charge >= 0.3 is 20.2 Å². The lowest BCUT2D eigenvalue weighted by atomic mass is 10.2. The summed E-state index contributed by atoms with van der Waals surface area (Å²) in [6.07, 6.45) is 7.48. The van der Waals surface area contributed by atoms with E-state index in [0.717, 1.165) is 0 Å². The minimum Gasteiger partial charge on any atom is -0.267 e. The Balaban J connectivity index is 2.11. The fourth-order valence-corrected chi connectivity index (χ4v) is 6.17. The number of hydrogen-bond acceptors (Lipinski definition) is 12. The van der Waals surface area contributed by atoms with Crippen molar-refractivity contribution in [2.45, 2.75) is 49.3 Å². The van der Waals surface area contributed by atoms with Crippen LogP contribution in [0.2, 0.25) is 0 Å². The number of sulfone groups is 1. The van der Waals surface area contributed by atoms with Crippen molar-refractivity contribution in [1.29, 1.82) is 10.5 Å². The smallest absolute Gasteiger partial charge is 0.267 e. The lowest BCUT2D eigenvalue weighted by molar-refractivity contribution is 0.338. The molecule has 43 heavy (non-hydrogen) atoms. The average Bonchev–Trinajstić information content (AvgIpc) is 2.99. The van der Waals surface area contributed by atoms with Crippen LogP contribution in [-0.4, -0.2) is 48.2 Å². The largest absolute Gasteiger partial charge is 0.328 e. The van der Waals surface area contributed by atoms with Crippen molar-refractivity contribution < 1.29 is 33.8 Å². The van der Waals surface area contributed by atoms with Crippen molar-refractivity contribution in [1.82, 2.24) is 0 Å². The van der Waals surface area contributed by atoms with Gasteiger partial charge in [0.1, 0.15) is 12.1 Å². The predicted octanol–water partition coefficient (Wildman–Crippen LogP) is 4.60. The number of benzene rings is 2. The zero-order valence-electron chi connectivity index (χ0n) is 23.5. The SMILES string of the molecule is CCCCS(=O)(=O)O/N=C(C#N)/C=C/c1ccc(S(=O)(=O)c2ccc(/C=C/C(C#N)=N/OS(=O)(=O)CCCC)cc2)cc1. The van der Waals surface area contributed by atoms with Crippen LogP contribution in [0.5, 0.6) is 0 Å². The first-order valence-electron chi connectivity index (χ1n) is 13.0. The van der Waals surface area contributed by atoms with Crippen molar-refractivity contribution in [3.63, 3.8) is 0 Å². The molecule has 0 radical (unpaired) electrons. The molecule has 0 aliphatic carbocycles. The highest BCUT2D eigenvalue weighted by Gasteiger charge is 2.17. The van der Waals surface area contributed by atoms with E-state index in [1.165, 1.54) is 72.8 Å². The number of oxime groups is 2. The van der Waals surface area contributed by atoms with Gasteiger partial charge in [0.15, 0.2) is 11.4 Å². The van der Waals surface area contributed by atoms with Crippen molar-refractivity contribution in [3.05, 3.63) is 71.8 Å². The zero-order valence-corrected chi connectivity index (χ0v) is 25.9. The van der Waals surface area contributed by atoms with E-state index in [0.29, 0.717) is 36.8 Å². The van der Waals surface area contributed by atoms with Crippen LogP contribution in [-0.2, 0) is 38.6 Å². The molecule has 2 rings (SSSR count). The summed E-state index contributed by atoms with van der Waals surface area (Å²) in [6.45, 7) is 3.65. The Bertz CT molecular complexity index is 1650. The van der Waals surface area contributed by atoms with E-state index in [1.807, 2.05) is 13.8 Å². The van der Waals surface area contributed by atoms with Crippen LogP contribution < -0.4 is 0 Å². The Morgan fingerprint density at radius 1 is 0.674 bits per heavy atom. The van der Waals surface area contributed by atoms with Crippen LogP contribution >= 0.6 is 0 Å². The first-order chi connectivity index (χ1) is 20.4. The van der Waals surface area contributed by atoms with Gasteiger partial charge in [-0.15, -0.1) is 0 Å². The predicted molar refractivity (Wildman–Crippen MR) is 162 cm³/mol. The molecule has 0 amide bonds. The maximum atomic E-state index is 13.1. The van der Waals surface area contributed by atoms with Crippen LogP contribution in [0.3, 0.4) is 0 Å². The molecule has 0 aliphatic heterocycles. The van der Waals surface area contributed by atoms with Crippen LogP contribution in [0, 0.1) is 22.7 Å². The summed E-state index contributed by atoms with van der Waals surface area (Å²) in [5, 5.41) is 25.1. The molecule has 0 aliphatic rings. The van der Waals surface area contributed by atoms with Crippen LogP contribution in [0.1, 0.15) is 50.7 Å². The summed E-state index contributed by atoms with van der Waals surface area (Å²) in [5.41, 5.74) is 0.467. The monoisotopic (exact) mass is 646 g/mol. The van der Waals surface area contributed by atoms with Gasteiger partial charge < -0.3 is 0 Å². The Hall–Kier alpha value is -4.31. The van der Waals surface area contributed by atoms with Crippen molar-refractivity contribution in [2.75, 3.05) is 11.5 Å². The molecule has 0 bridgehead atoms. The lowest BCUT2D eigenvalue weighted by Gasteiger charge is -2.06. The summed E-state index contributed by atoms with van der Waals surface area (Å²) >= 11 is 0. The van der Waals surface area contributed by atoms with Crippen LogP contribution in [0.15, 0.2) is 80.8 Å². The first kappa shape index (κ1) is 34.9. The maximum Gasteiger partial charge on any atom is 0.328 e. The van der Waals surface area contributed by atoms with Crippen molar-refractivity contribution in [2.24, 2.45) is 10.3 Å². The van der Waals surface area contributed by atoms with Gasteiger partial charge in [0.25, 0.3) is 0 Å². The van der Waals surface area contributed by atoms with Crippen molar-refractivity contribution in [3.8, 4) is 12.1 Å². The average molecular weight is 647 g/mol. The molecule has 0 aromatic heterocycles. The normalized spacial score (nSPS) is 13.1. The first-order valence-corrected chi connectivity index (χ1v) is 17.6. The van der Waals surface area contributed by atoms with E-state index in [4.69, 9.17) is 0 Å². The van der Waals surface area contributed by atoms with Gasteiger partial charge in [-0.25, -0.2) is 8.42 Å². The molecular weight excluding hydrogens is 617 g/mol. The van der Waals surface area contributed by atoms with E-state index in [9.17, 15) is 35.8 Å². The van der Waals surface area contributed by atoms with E-state index in [2.05, 4.69) is 18.9 Å². The minimum atomic E-state index is -3.89. The molecule has 0 unspecified atom stereocenters. The number of allylic oxidation sites excluding steroid dienone is 2. The quantitative estimate of drug-likeness (QED) is 0.184. The Morgan fingerprint density at radius 3 is 1.33 bits per heavy atom. The van der Waals surface area contributed by atoms with Gasteiger partial charge in [-0.3, -0.25) is 8.57 Å². The second kappa shape index (κ2) is 16.4. The summed E-state index contributed by atoms with van der Waals surface area (Å²) in [5.74, 6) is -0.435. The van der Waals surface area contributed by atoms with Crippen LogP contribution in [0.4, 0.5) is 0 Å². The van der Waals surface area contributed by atoms with Gasteiger partial charge in [0.05, 0.1) is 21.3 Å². The third kappa shape index (κ3) is 11.8. The van der Waals surface area contributed by atoms with Gasteiger partial charge in [-0.1, -0.05) is 73.4 Å². The Labute approximate surface area is 252 Å². The fourth-order valence-electron chi connectivity index (χ4n) is 3.09. The standard InChI is InChI=1S/C28H30N4O8S3/c1-3-5-19-41(33,34)39-31-25(21-29)13-7-23-9-15-27(16-10-23)43(37,38)28-17-11-24(12-18-28)8-14-26(22-30)32-40-42(35,36)20-6-4-2/h7-18H,3-6,19-20H2,1-2H3/b13-7+,14-8+,31-25-,32-26-. The van der Waals surface area contributed by atoms with Crippen LogP contribution in [0.25, 0.3) is 12.2 Å². The van der Waals surface area contributed by atoms with Gasteiger partial charge in [-0.2, -0.15) is 27.4 Å². The van der Waals surface area contributed by atoms with E-state index >= 15 is 0 Å². The Morgan fingerprint density at radius 2 is 1.02 bits per heavy atom. The highest BCUT2D eigenvalue weighted by Crippen LogP contribution is 2.22. The molecule has 2 aromatic rings. The highest BCUT2D eigenvalue weighted by atomic mass is 32.2. The molecule has 0 heterocycles.